The monoisotopic (exact) mass is 548 g/mol. The first-order valence-corrected chi connectivity index (χ1v) is 13.6. The molecule has 38 heavy (non-hydrogen) atoms. The van der Waals surface area contributed by atoms with Crippen LogP contribution < -0.4 is 0 Å². The Morgan fingerprint density at radius 2 is 1.79 bits per heavy atom. The summed E-state index contributed by atoms with van der Waals surface area (Å²) in [6.07, 6.45) is -0.911. The van der Waals surface area contributed by atoms with Crippen LogP contribution in [0.4, 0.5) is 0 Å². The maximum Gasteiger partial charge on any atom is 0.339 e. The highest BCUT2D eigenvalue weighted by atomic mass is 35.5. The van der Waals surface area contributed by atoms with Crippen LogP contribution in [0.2, 0.25) is 5.02 Å². The van der Waals surface area contributed by atoms with Gasteiger partial charge in [0.15, 0.2) is 6.10 Å². The number of thiazole rings is 1. The van der Waals surface area contributed by atoms with Crippen molar-refractivity contribution >= 4 is 50.2 Å². The van der Waals surface area contributed by atoms with Crippen LogP contribution in [0, 0.1) is 6.92 Å². The summed E-state index contributed by atoms with van der Waals surface area (Å²) in [5, 5.41) is 9.87. The highest BCUT2D eigenvalue weighted by Gasteiger charge is 2.33. The number of carbonyl (C=O) groups excluding carboxylic acids is 1. The van der Waals surface area contributed by atoms with Gasteiger partial charge < -0.3 is 9.47 Å². The van der Waals surface area contributed by atoms with Crippen LogP contribution in [0.3, 0.4) is 0 Å². The lowest BCUT2D eigenvalue weighted by atomic mass is 9.91. The summed E-state index contributed by atoms with van der Waals surface area (Å²) in [5.74, 6) is -0.419. The number of aryl methyl sites for hydroxylation is 2. The van der Waals surface area contributed by atoms with Gasteiger partial charge in [-0.25, -0.2) is 14.5 Å². The Bertz CT molecular complexity index is 1650. The van der Waals surface area contributed by atoms with E-state index >= 15 is 0 Å². The van der Waals surface area contributed by atoms with E-state index < -0.39 is 17.7 Å². The lowest BCUT2D eigenvalue weighted by Crippen LogP contribution is -2.29. The standard InChI is InChI=1S/C29H29ClN4O3S/c1-7-36-28(35)25(37-29(3,4)5)23-16(2)14-21-26(24(23)17-8-11-19(30)12-9-17)38-27(31-21)18-10-13-22-20(15-18)32-33-34(22)6/h8-15,25H,7H2,1-6H3. The SMILES string of the molecule is CCOC(=O)C(OC(C)(C)C)c1c(C)cc2nc(-c3ccc4c(c3)nnn4C)sc2c1-c1ccc(Cl)cc1. The van der Waals surface area contributed by atoms with Gasteiger partial charge in [0.25, 0.3) is 0 Å². The van der Waals surface area contributed by atoms with Crippen molar-refractivity contribution in [2.45, 2.75) is 46.3 Å². The van der Waals surface area contributed by atoms with Crippen molar-refractivity contribution in [1.29, 1.82) is 0 Å². The first-order chi connectivity index (χ1) is 18.1. The molecule has 0 aliphatic carbocycles. The topological polar surface area (TPSA) is 79.1 Å². The molecule has 196 valence electrons. The quantitative estimate of drug-likeness (QED) is 0.207. The number of aromatic nitrogens is 4. The zero-order valence-corrected chi connectivity index (χ0v) is 23.8. The number of benzene rings is 3. The fourth-order valence-electron chi connectivity index (χ4n) is 4.55. The number of esters is 1. The Morgan fingerprint density at radius 1 is 1.08 bits per heavy atom. The molecule has 0 saturated heterocycles. The molecule has 5 aromatic rings. The highest BCUT2D eigenvalue weighted by Crippen LogP contribution is 2.44. The van der Waals surface area contributed by atoms with E-state index in [1.165, 1.54) is 0 Å². The van der Waals surface area contributed by atoms with Crippen molar-refractivity contribution in [2.75, 3.05) is 6.61 Å². The summed E-state index contributed by atoms with van der Waals surface area (Å²) in [4.78, 5) is 18.3. The van der Waals surface area contributed by atoms with Gasteiger partial charge in [0.2, 0.25) is 0 Å². The summed E-state index contributed by atoms with van der Waals surface area (Å²) < 4.78 is 14.5. The molecule has 0 amide bonds. The molecule has 0 spiro atoms. The Morgan fingerprint density at radius 3 is 2.47 bits per heavy atom. The van der Waals surface area contributed by atoms with Crippen molar-refractivity contribution in [3.8, 4) is 21.7 Å². The molecule has 5 rings (SSSR count). The van der Waals surface area contributed by atoms with Gasteiger partial charge in [0, 0.05) is 28.8 Å². The summed E-state index contributed by atoms with van der Waals surface area (Å²) in [7, 11) is 1.87. The number of carbonyl (C=O) groups is 1. The van der Waals surface area contributed by atoms with Crippen molar-refractivity contribution in [3.05, 3.63) is 64.7 Å². The van der Waals surface area contributed by atoms with E-state index in [1.807, 2.05) is 83.3 Å². The highest BCUT2D eigenvalue weighted by molar-refractivity contribution is 7.22. The third kappa shape index (κ3) is 5.04. The zero-order chi connectivity index (χ0) is 27.2. The van der Waals surface area contributed by atoms with Gasteiger partial charge in [-0.1, -0.05) is 28.9 Å². The number of ether oxygens (including phenoxy) is 2. The van der Waals surface area contributed by atoms with E-state index in [4.69, 9.17) is 26.1 Å². The van der Waals surface area contributed by atoms with Crippen LogP contribution in [0.15, 0.2) is 48.5 Å². The summed E-state index contributed by atoms with van der Waals surface area (Å²) in [5.41, 5.74) is 6.45. The fraction of sp³-hybridized carbons (Fsp3) is 0.310. The maximum absolute atomic E-state index is 13.3. The van der Waals surface area contributed by atoms with Crippen LogP contribution in [0.25, 0.3) is 42.9 Å². The second kappa shape index (κ2) is 10.1. The van der Waals surface area contributed by atoms with Crippen LogP contribution >= 0.6 is 22.9 Å². The van der Waals surface area contributed by atoms with Crippen molar-refractivity contribution in [2.24, 2.45) is 7.05 Å². The number of nitrogens with zero attached hydrogens (tertiary/aromatic N) is 4. The number of rotatable bonds is 6. The van der Waals surface area contributed by atoms with Gasteiger partial charge in [0.1, 0.15) is 10.5 Å². The van der Waals surface area contributed by atoms with E-state index in [2.05, 4.69) is 10.3 Å². The lowest BCUT2D eigenvalue weighted by molar-refractivity contribution is -0.166. The number of fused-ring (bicyclic) bond motifs is 2. The van der Waals surface area contributed by atoms with Crippen LogP contribution in [-0.4, -0.2) is 38.2 Å². The predicted molar refractivity (Wildman–Crippen MR) is 153 cm³/mol. The third-order valence-electron chi connectivity index (χ3n) is 6.15. The largest absolute Gasteiger partial charge is 0.464 e. The van der Waals surface area contributed by atoms with Crippen molar-refractivity contribution in [1.82, 2.24) is 20.0 Å². The van der Waals surface area contributed by atoms with Crippen molar-refractivity contribution in [3.63, 3.8) is 0 Å². The second-order valence-electron chi connectivity index (χ2n) is 10.1. The molecule has 9 heteroatoms. The molecule has 1 unspecified atom stereocenters. The minimum absolute atomic E-state index is 0.260. The minimum Gasteiger partial charge on any atom is -0.464 e. The molecular weight excluding hydrogens is 520 g/mol. The first-order valence-electron chi connectivity index (χ1n) is 12.4. The Balaban J connectivity index is 1.77. The Kier molecular flexibility index (Phi) is 6.98. The number of hydrogen-bond donors (Lipinski definition) is 0. The van der Waals surface area contributed by atoms with Crippen LogP contribution in [-0.2, 0) is 21.3 Å². The van der Waals surface area contributed by atoms with Gasteiger partial charge in [-0.3, -0.25) is 0 Å². The molecule has 3 aromatic carbocycles. The lowest BCUT2D eigenvalue weighted by Gasteiger charge is -2.29. The summed E-state index contributed by atoms with van der Waals surface area (Å²) >= 11 is 7.81. The van der Waals surface area contributed by atoms with Gasteiger partial charge in [-0.2, -0.15) is 0 Å². The van der Waals surface area contributed by atoms with Crippen molar-refractivity contribution < 1.29 is 14.3 Å². The molecule has 0 N–H and O–H groups in total. The first kappa shape index (κ1) is 26.3. The fourth-order valence-corrected chi connectivity index (χ4v) is 5.79. The van der Waals surface area contributed by atoms with E-state index in [1.54, 1.807) is 22.9 Å². The smallest absolute Gasteiger partial charge is 0.339 e. The normalized spacial score (nSPS) is 12.8. The van der Waals surface area contributed by atoms with Gasteiger partial charge >= 0.3 is 5.97 Å². The molecule has 0 aliphatic heterocycles. The minimum atomic E-state index is -0.911. The summed E-state index contributed by atoms with van der Waals surface area (Å²) in [6.45, 7) is 9.84. The van der Waals surface area contributed by atoms with E-state index in [0.717, 1.165) is 54.1 Å². The summed E-state index contributed by atoms with van der Waals surface area (Å²) in [6, 6.07) is 15.7. The average Bonchev–Trinajstić information content (AvgIpc) is 3.45. The second-order valence-corrected chi connectivity index (χ2v) is 11.6. The molecule has 0 aliphatic rings. The number of halogens is 1. The Hall–Kier alpha value is -3.33. The molecule has 7 nitrogen and oxygen atoms in total. The Labute approximate surface area is 230 Å². The molecule has 0 saturated carbocycles. The van der Waals surface area contributed by atoms with Crippen LogP contribution in [0.1, 0.15) is 44.9 Å². The zero-order valence-electron chi connectivity index (χ0n) is 22.2. The molecule has 2 aromatic heterocycles. The molecule has 0 fully saturated rings. The molecule has 0 bridgehead atoms. The van der Waals surface area contributed by atoms with E-state index in [-0.39, 0.29) is 6.61 Å². The van der Waals surface area contributed by atoms with Crippen LogP contribution in [0.5, 0.6) is 0 Å². The van der Waals surface area contributed by atoms with Gasteiger partial charge in [-0.15, -0.1) is 16.4 Å². The predicted octanol–water partition coefficient (Wildman–Crippen LogP) is 7.29. The maximum atomic E-state index is 13.3. The van der Waals surface area contributed by atoms with Gasteiger partial charge in [0.05, 0.1) is 27.9 Å². The average molecular weight is 549 g/mol. The molecule has 2 heterocycles. The molecule has 1 atom stereocenters. The third-order valence-corrected chi connectivity index (χ3v) is 7.54. The molecular formula is C29H29ClN4O3S. The van der Waals surface area contributed by atoms with Gasteiger partial charge in [-0.05, 0) is 82.1 Å². The van der Waals surface area contributed by atoms with E-state index in [9.17, 15) is 4.79 Å². The molecule has 0 radical (unpaired) electrons. The van der Waals surface area contributed by atoms with E-state index in [0.29, 0.717) is 5.02 Å². The number of hydrogen-bond acceptors (Lipinski definition) is 7.